The van der Waals surface area contributed by atoms with Crippen LogP contribution in [0.25, 0.3) is 11.3 Å². The second-order valence-electron chi connectivity index (χ2n) is 8.37. The molecular weight excluding hydrogens is 436 g/mol. The van der Waals surface area contributed by atoms with Gasteiger partial charge in [0.25, 0.3) is 0 Å². The smallest absolute Gasteiger partial charge is 0.191 e. The minimum atomic E-state index is -0.711. The first kappa shape index (κ1) is 21.8. The van der Waals surface area contributed by atoms with E-state index >= 15 is 8.78 Å². The fraction of sp³-hybridized carbons (Fsp3) is 0.269. The molecule has 0 saturated heterocycles. The van der Waals surface area contributed by atoms with E-state index in [4.69, 9.17) is 10.00 Å². The third-order valence-electron chi connectivity index (χ3n) is 6.21. The maximum Gasteiger partial charge on any atom is 0.191 e. The zero-order chi connectivity index (χ0) is 24.0. The van der Waals surface area contributed by atoms with Crippen LogP contribution in [0.2, 0.25) is 0 Å². The van der Waals surface area contributed by atoms with Crippen LogP contribution < -0.4 is 14.5 Å². The molecule has 1 aliphatic carbocycles. The van der Waals surface area contributed by atoms with Crippen LogP contribution in [0.15, 0.2) is 48.1 Å². The number of pyridine rings is 2. The minimum absolute atomic E-state index is 0.0182. The van der Waals surface area contributed by atoms with E-state index in [9.17, 15) is 0 Å². The highest BCUT2D eigenvalue weighted by Gasteiger charge is 2.37. The van der Waals surface area contributed by atoms with E-state index in [0.29, 0.717) is 17.8 Å². The van der Waals surface area contributed by atoms with Gasteiger partial charge in [0.1, 0.15) is 23.3 Å². The first-order valence-electron chi connectivity index (χ1n) is 11.1. The van der Waals surface area contributed by atoms with Crippen molar-refractivity contribution >= 4 is 11.4 Å². The van der Waals surface area contributed by atoms with Crippen LogP contribution in [0.1, 0.15) is 36.6 Å². The number of ether oxygens (including phenoxy) is 1. The van der Waals surface area contributed by atoms with Crippen molar-refractivity contribution in [2.24, 2.45) is 0 Å². The number of benzene rings is 1. The number of anilines is 2. The molecule has 3 heterocycles. The van der Waals surface area contributed by atoms with Crippen LogP contribution in [-0.2, 0) is 6.54 Å². The number of aryl methyl sites for hydroxylation is 1. The summed E-state index contributed by atoms with van der Waals surface area (Å²) in [5.74, 6) is -0.470. The molecule has 0 atom stereocenters. The molecule has 0 radical (unpaired) electrons. The highest BCUT2D eigenvalue weighted by molar-refractivity contribution is 5.75. The molecule has 0 amide bonds. The Kier molecular flexibility index (Phi) is 5.40. The topological polar surface area (TPSA) is 65.3 Å². The Hall–Kier alpha value is -3.99. The van der Waals surface area contributed by atoms with Gasteiger partial charge >= 0.3 is 0 Å². The summed E-state index contributed by atoms with van der Waals surface area (Å²) in [7, 11) is 1.38. The summed E-state index contributed by atoms with van der Waals surface area (Å²) in [5.41, 5.74) is 5.04. The predicted molar refractivity (Wildman–Crippen MR) is 125 cm³/mol. The molecule has 0 bridgehead atoms. The molecule has 2 aromatic heterocycles. The lowest BCUT2D eigenvalue weighted by Crippen LogP contribution is -2.41. The van der Waals surface area contributed by atoms with Gasteiger partial charge in [0.05, 0.1) is 25.0 Å². The van der Waals surface area contributed by atoms with Gasteiger partial charge in [-0.15, -0.1) is 0 Å². The third-order valence-corrected chi connectivity index (χ3v) is 6.21. The van der Waals surface area contributed by atoms with Crippen molar-refractivity contribution in [2.75, 3.05) is 23.5 Å². The van der Waals surface area contributed by atoms with Crippen LogP contribution in [0.5, 0.6) is 5.75 Å². The van der Waals surface area contributed by atoms with Crippen LogP contribution in [0, 0.1) is 29.9 Å². The number of nitriles is 1. The monoisotopic (exact) mass is 459 g/mol. The number of rotatable bonds is 4. The second kappa shape index (κ2) is 8.41. The van der Waals surface area contributed by atoms with Crippen molar-refractivity contribution in [1.82, 2.24) is 9.97 Å². The average molecular weight is 460 g/mol. The number of fused-ring (bicyclic) bond motifs is 1. The zero-order valence-corrected chi connectivity index (χ0v) is 19.2. The standard InChI is InChI=1S/C26H23F2N5O/c1-4-32-21-10-20(17-7-8-19(11-29)30-12-17)31-13-18(21)14-33(26(32)16-5-6-16)25-23(27)15(2)9-22(34-3)24(25)28/h7-10,12-13H,4-6,14H2,1-3H3. The van der Waals surface area contributed by atoms with Crippen LogP contribution in [0.3, 0.4) is 0 Å². The Morgan fingerprint density at radius 2 is 1.91 bits per heavy atom. The maximum absolute atomic E-state index is 15.4. The summed E-state index contributed by atoms with van der Waals surface area (Å²) in [6.45, 7) is 4.52. The van der Waals surface area contributed by atoms with E-state index < -0.39 is 11.6 Å². The second-order valence-corrected chi connectivity index (χ2v) is 8.37. The molecular formula is C26H23F2N5O. The van der Waals surface area contributed by atoms with Gasteiger partial charge in [-0.25, -0.2) is 13.8 Å². The van der Waals surface area contributed by atoms with E-state index in [1.807, 2.05) is 25.1 Å². The SMILES string of the molecule is CCN1C(=C2CC2)N(c2c(F)c(C)cc(OC)c2F)Cc2cnc(-c3ccc(C#N)nc3)cc21. The first-order chi connectivity index (χ1) is 16.5. The van der Waals surface area contributed by atoms with E-state index in [-0.39, 0.29) is 18.0 Å². The van der Waals surface area contributed by atoms with Gasteiger partial charge in [0, 0.05) is 30.1 Å². The summed E-state index contributed by atoms with van der Waals surface area (Å²) in [6.07, 6.45) is 5.15. The number of allylic oxidation sites excluding steroid dienone is 1. The molecule has 34 heavy (non-hydrogen) atoms. The van der Waals surface area contributed by atoms with Crippen LogP contribution >= 0.6 is 0 Å². The van der Waals surface area contributed by atoms with E-state index in [1.54, 1.807) is 30.3 Å². The van der Waals surface area contributed by atoms with Crippen molar-refractivity contribution in [3.63, 3.8) is 0 Å². The molecule has 8 heteroatoms. The molecule has 1 aromatic carbocycles. The van der Waals surface area contributed by atoms with E-state index in [2.05, 4.69) is 14.9 Å². The molecule has 5 rings (SSSR count). The van der Waals surface area contributed by atoms with Crippen molar-refractivity contribution in [1.29, 1.82) is 5.26 Å². The molecule has 2 aliphatic rings. The lowest BCUT2D eigenvalue weighted by atomic mass is 10.0. The van der Waals surface area contributed by atoms with Crippen LogP contribution in [-0.4, -0.2) is 23.6 Å². The van der Waals surface area contributed by atoms with E-state index in [0.717, 1.165) is 46.7 Å². The number of nitrogens with zero attached hydrogens (tertiary/aromatic N) is 5. The highest BCUT2D eigenvalue weighted by Crippen LogP contribution is 2.46. The molecule has 1 fully saturated rings. The van der Waals surface area contributed by atoms with Crippen LogP contribution in [0.4, 0.5) is 20.2 Å². The number of hydrogen-bond acceptors (Lipinski definition) is 6. The zero-order valence-electron chi connectivity index (χ0n) is 19.2. The number of aromatic nitrogens is 2. The molecule has 1 saturated carbocycles. The van der Waals surface area contributed by atoms with Crippen molar-refractivity contribution in [2.45, 2.75) is 33.2 Å². The van der Waals surface area contributed by atoms with Gasteiger partial charge < -0.3 is 14.5 Å². The van der Waals surface area contributed by atoms with Gasteiger partial charge in [0.15, 0.2) is 17.4 Å². The number of methoxy groups -OCH3 is 1. The van der Waals surface area contributed by atoms with Gasteiger partial charge in [-0.05, 0) is 62.1 Å². The fourth-order valence-electron chi connectivity index (χ4n) is 4.40. The first-order valence-corrected chi connectivity index (χ1v) is 11.1. The molecule has 1 aliphatic heterocycles. The van der Waals surface area contributed by atoms with Gasteiger partial charge in [0.2, 0.25) is 0 Å². The van der Waals surface area contributed by atoms with E-state index in [1.165, 1.54) is 13.2 Å². The molecule has 0 unspecified atom stereocenters. The molecule has 0 spiro atoms. The van der Waals surface area contributed by atoms with Gasteiger partial charge in [-0.1, -0.05) is 0 Å². The Bertz CT molecular complexity index is 1360. The van der Waals surface area contributed by atoms with Gasteiger partial charge in [-0.3, -0.25) is 4.98 Å². The lowest BCUT2D eigenvalue weighted by Gasteiger charge is -2.42. The summed E-state index contributed by atoms with van der Waals surface area (Å²) in [4.78, 5) is 12.6. The molecule has 6 nitrogen and oxygen atoms in total. The Morgan fingerprint density at radius 1 is 1.12 bits per heavy atom. The Morgan fingerprint density at radius 3 is 2.53 bits per heavy atom. The highest BCUT2D eigenvalue weighted by atomic mass is 19.1. The lowest BCUT2D eigenvalue weighted by molar-refractivity contribution is 0.383. The van der Waals surface area contributed by atoms with Crippen molar-refractivity contribution in [3.8, 4) is 23.1 Å². The fourth-order valence-corrected chi connectivity index (χ4v) is 4.40. The molecule has 3 aromatic rings. The Labute approximate surface area is 196 Å². The Balaban J connectivity index is 1.65. The summed E-state index contributed by atoms with van der Waals surface area (Å²) < 4.78 is 36.0. The quantitative estimate of drug-likeness (QED) is 0.516. The van der Waals surface area contributed by atoms with Crippen molar-refractivity contribution < 1.29 is 13.5 Å². The maximum atomic E-state index is 15.4. The summed E-state index contributed by atoms with van der Waals surface area (Å²) >= 11 is 0. The molecule has 0 N–H and O–H groups in total. The van der Waals surface area contributed by atoms with Gasteiger partial charge in [-0.2, -0.15) is 5.26 Å². The summed E-state index contributed by atoms with van der Waals surface area (Å²) in [6, 6.07) is 8.85. The summed E-state index contributed by atoms with van der Waals surface area (Å²) in [5, 5.41) is 9.01. The largest absolute Gasteiger partial charge is 0.494 e. The normalized spacial score (nSPS) is 14.7. The number of hydrogen-bond donors (Lipinski definition) is 0. The number of halogens is 2. The minimum Gasteiger partial charge on any atom is -0.494 e. The third kappa shape index (κ3) is 3.54. The van der Waals surface area contributed by atoms with Crippen molar-refractivity contribution in [3.05, 3.63) is 76.5 Å². The predicted octanol–water partition coefficient (Wildman–Crippen LogP) is 5.46. The average Bonchev–Trinajstić information content (AvgIpc) is 3.70. The molecule has 172 valence electrons.